The highest BCUT2D eigenvalue weighted by Crippen LogP contribution is 2.40. The van der Waals surface area contributed by atoms with E-state index in [1.165, 1.54) is 32.1 Å². The van der Waals surface area contributed by atoms with Crippen LogP contribution in [0.2, 0.25) is 0 Å². The van der Waals surface area contributed by atoms with Crippen molar-refractivity contribution in [2.45, 2.75) is 58.4 Å². The van der Waals surface area contributed by atoms with Crippen LogP contribution in [0.1, 0.15) is 58.4 Å². The first-order valence-electron chi connectivity index (χ1n) is 10.7. The quantitative estimate of drug-likeness (QED) is 0.265. The Morgan fingerprint density at radius 3 is 2.79 bits per heavy atom. The number of nitrogens with one attached hydrogen (secondary N) is 1. The number of ether oxygens (including phenoxy) is 1. The van der Waals surface area contributed by atoms with Crippen molar-refractivity contribution in [2.75, 3.05) is 39.9 Å². The van der Waals surface area contributed by atoms with Gasteiger partial charge in [0.25, 0.3) is 0 Å². The maximum atomic E-state index is 5.66. The Morgan fingerprint density at radius 1 is 1.36 bits per heavy atom. The normalized spacial score (nSPS) is 24.8. The van der Waals surface area contributed by atoms with Crippen molar-refractivity contribution >= 4 is 29.9 Å². The van der Waals surface area contributed by atoms with Crippen LogP contribution in [0.3, 0.4) is 0 Å². The number of imidazole rings is 1. The molecule has 3 rings (SSSR count). The lowest BCUT2D eigenvalue weighted by Crippen LogP contribution is -2.51. The van der Waals surface area contributed by atoms with Crippen LogP contribution in [-0.2, 0) is 4.74 Å². The molecular weight excluding hydrogens is 465 g/mol. The van der Waals surface area contributed by atoms with Gasteiger partial charge in [-0.1, -0.05) is 19.8 Å². The van der Waals surface area contributed by atoms with Crippen LogP contribution in [0.4, 0.5) is 0 Å². The molecule has 0 bridgehead atoms. The van der Waals surface area contributed by atoms with Gasteiger partial charge < -0.3 is 19.5 Å². The van der Waals surface area contributed by atoms with Crippen LogP contribution in [0.25, 0.3) is 0 Å². The van der Waals surface area contributed by atoms with Crippen molar-refractivity contribution in [1.29, 1.82) is 0 Å². The molecule has 2 aliphatic rings. The van der Waals surface area contributed by atoms with Gasteiger partial charge in [0.05, 0.1) is 12.4 Å². The van der Waals surface area contributed by atoms with Crippen molar-refractivity contribution in [1.82, 2.24) is 19.8 Å². The SMILES string of the molecule is CCOCCC1(CNC(=NC)N2CCC(C)C(n3ccnc3)C2)CCCC1.I. The van der Waals surface area contributed by atoms with Crippen molar-refractivity contribution in [2.24, 2.45) is 16.3 Å². The third kappa shape index (κ3) is 5.84. The van der Waals surface area contributed by atoms with Crippen molar-refractivity contribution in [3.8, 4) is 0 Å². The molecule has 1 N–H and O–H groups in total. The Labute approximate surface area is 187 Å². The number of hydrogen-bond acceptors (Lipinski definition) is 3. The minimum Gasteiger partial charge on any atom is -0.382 e. The molecular formula is C21H38IN5O. The molecule has 2 heterocycles. The standard InChI is InChI=1S/C21H37N5O.HI/c1-4-27-14-10-21(8-5-6-9-21)16-24-20(22-3)25-12-7-18(2)19(15-25)26-13-11-23-17-26;/h11,13,17-19H,4-10,12,14-16H2,1-3H3,(H,22,24);1H. The van der Waals surface area contributed by atoms with E-state index in [2.05, 4.69) is 44.8 Å². The van der Waals surface area contributed by atoms with Crippen LogP contribution >= 0.6 is 24.0 Å². The largest absolute Gasteiger partial charge is 0.382 e. The summed E-state index contributed by atoms with van der Waals surface area (Å²) < 4.78 is 7.91. The zero-order valence-corrected chi connectivity index (χ0v) is 20.1. The summed E-state index contributed by atoms with van der Waals surface area (Å²) in [5.41, 5.74) is 0.373. The van der Waals surface area contributed by atoms with Crippen LogP contribution in [0, 0.1) is 11.3 Å². The molecule has 1 aliphatic heterocycles. The second-order valence-electron chi connectivity index (χ2n) is 8.34. The monoisotopic (exact) mass is 503 g/mol. The van der Waals surface area contributed by atoms with Gasteiger partial charge in [-0.25, -0.2) is 4.98 Å². The minimum absolute atomic E-state index is 0. The summed E-state index contributed by atoms with van der Waals surface area (Å²) in [7, 11) is 1.91. The Kier molecular flexibility index (Phi) is 9.53. The van der Waals surface area contributed by atoms with Crippen molar-refractivity contribution in [3.63, 3.8) is 0 Å². The third-order valence-electron chi connectivity index (χ3n) is 6.60. The number of nitrogens with zero attached hydrogens (tertiary/aromatic N) is 4. The number of guanidine groups is 1. The summed E-state index contributed by atoms with van der Waals surface area (Å²) in [6.45, 7) is 9.18. The van der Waals surface area contributed by atoms with Gasteiger partial charge in [-0.2, -0.15) is 0 Å². The molecule has 6 nitrogen and oxygen atoms in total. The lowest BCUT2D eigenvalue weighted by Gasteiger charge is -2.40. The smallest absolute Gasteiger partial charge is 0.193 e. The first kappa shape index (κ1) is 23.4. The van der Waals surface area contributed by atoms with Gasteiger partial charge in [0, 0.05) is 52.3 Å². The highest BCUT2D eigenvalue weighted by molar-refractivity contribution is 14.0. The Hall–Kier alpha value is -0.830. The van der Waals surface area contributed by atoms with E-state index in [4.69, 9.17) is 4.74 Å². The molecule has 0 radical (unpaired) electrons. The summed E-state index contributed by atoms with van der Waals surface area (Å²) >= 11 is 0. The molecule has 2 unspecified atom stereocenters. The molecule has 0 spiro atoms. The van der Waals surface area contributed by atoms with Crippen molar-refractivity contribution in [3.05, 3.63) is 18.7 Å². The Morgan fingerprint density at radius 2 is 2.14 bits per heavy atom. The first-order chi connectivity index (χ1) is 13.2. The Balaban J connectivity index is 0.00000280. The van der Waals surface area contributed by atoms with E-state index >= 15 is 0 Å². The summed E-state index contributed by atoms with van der Waals surface area (Å²) in [6.07, 6.45) is 13.5. The highest BCUT2D eigenvalue weighted by atomic mass is 127. The second-order valence-corrected chi connectivity index (χ2v) is 8.34. The van der Waals surface area contributed by atoms with Gasteiger partial charge in [-0.05, 0) is 43.9 Å². The molecule has 0 aromatic carbocycles. The maximum Gasteiger partial charge on any atom is 0.193 e. The highest BCUT2D eigenvalue weighted by Gasteiger charge is 2.35. The molecule has 160 valence electrons. The molecule has 1 saturated carbocycles. The summed E-state index contributed by atoms with van der Waals surface area (Å²) in [4.78, 5) is 11.3. The van der Waals surface area contributed by atoms with E-state index in [9.17, 15) is 0 Å². The summed E-state index contributed by atoms with van der Waals surface area (Å²) in [6, 6.07) is 0.457. The summed E-state index contributed by atoms with van der Waals surface area (Å²) in [5.74, 6) is 1.70. The minimum atomic E-state index is 0. The second kappa shape index (κ2) is 11.4. The fourth-order valence-electron chi connectivity index (χ4n) is 4.77. The molecule has 2 fully saturated rings. The number of likely N-dealkylation sites (tertiary alicyclic amines) is 1. The molecule has 7 heteroatoms. The van der Waals surface area contributed by atoms with Crippen LogP contribution in [-0.4, -0.2) is 60.3 Å². The van der Waals surface area contributed by atoms with Crippen LogP contribution in [0.15, 0.2) is 23.7 Å². The summed E-state index contributed by atoms with van der Waals surface area (Å²) in [5, 5.41) is 3.72. The van der Waals surface area contributed by atoms with E-state index in [0.29, 0.717) is 17.4 Å². The average molecular weight is 503 g/mol. The molecule has 1 aliphatic carbocycles. The van der Waals surface area contributed by atoms with Crippen LogP contribution in [0.5, 0.6) is 0 Å². The molecule has 2 atom stereocenters. The number of piperidine rings is 1. The third-order valence-corrected chi connectivity index (χ3v) is 6.60. The first-order valence-corrected chi connectivity index (χ1v) is 10.7. The van der Waals surface area contributed by atoms with Gasteiger partial charge >= 0.3 is 0 Å². The van der Waals surface area contributed by atoms with Gasteiger partial charge in [0.2, 0.25) is 0 Å². The molecule has 0 amide bonds. The molecule has 1 saturated heterocycles. The molecule has 1 aromatic rings. The molecule has 28 heavy (non-hydrogen) atoms. The predicted molar refractivity (Wildman–Crippen MR) is 125 cm³/mol. The lowest BCUT2D eigenvalue weighted by molar-refractivity contribution is 0.104. The van der Waals surface area contributed by atoms with E-state index in [0.717, 1.165) is 45.2 Å². The maximum absolute atomic E-state index is 5.66. The zero-order valence-electron chi connectivity index (χ0n) is 17.8. The van der Waals surface area contributed by atoms with Gasteiger partial charge in [0.15, 0.2) is 5.96 Å². The van der Waals surface area contributed by atoms with Crippen molar-refractivity contribution < 1.29 is 4.74 Å². The van der Waals surface area contributed by atoms with Gasteiger partial charge in [-0.15, -0.1) is 24.0 Å². The average Bonchev–Trinajstić information content (AvgIpc) is 3.36. The fourth-order valence-corrected chi connectivity index (χ4v) is 4.77. The zero-order chi connectivity index (χ0) is 19.1. The molecule has 1 aromatic heterocycles. The number of aromatic nitrogens is 2. The van der Waals surface area contributed by atoms with E-state index < -0.39 is 0 Å². The van der Waals surface area contributed by atoms with E-state index in [1.54, 1.807) is 0 Å². The van der Waals surface area contributed by atoms with E-state index in [1.807, 2.05) is 19.6 Å². The number of rotatable bonds is 7. The van der Waals surface area contributed by atoms with Gasteiger partial charge in [-0.3, -0.25) is 4.99 Å². The Bertz CT molecular complexity index is 586. The predicted octanol–water partition coefficient (Wildman–Crippen LogP) is 3.95. The number of halogens is 1. The fraction of sp³-hybridized carbons (Fsp3) is 0.810. The topological polar surface area (TPSA) is 54.7 Å². The van der Waals surface area contributed by atoms with Gasteiger partial charge in [0.1, 0.15) is 0 Å². The number of aliphatic imine (C=N–C) groups is 1. The number of hydrogen-bond donors (Lipinski definition) is 1. The lowest BCUT2D eigenvalue weighted by atomic mass is 9.83. The van der Waals surface area contributed by atoms with E-state index in [-0.39, 0.29) is 24.0 Å². The van der Waals surface area contributed by atoms with Crippen LogP contribution < -0.4 is 5.32 Å².